The van der Waals surface area contributed by atoms with Gasteiger partial charge in [0.25, 0.3) is 5.91 Å². The Morgan fingerprint density at radius 3 is 2.53 bits per heavy atom. The van der Waals surface area contributed by atoms with Gasteiger partial charge in [0.15, 0.2) is 0 Å². The minimum absolute atomic E-state index is 0.0891. The summed E-state index contributed by atoms with van der Waals surface area (Å²) in [6, 6.07) is 6.33. The maximum atomic E-state index is 12.2. The molecule has 0 unspecified atom stereocenters. The van der Waals surface area contributed by atoms with E-state index < -0.39 is 6.04 Å². The molecule has 0 saturated carbocycles. The summed E-state index contributed by atoms with van der Waals surface area (Å²) in [7, 11) is 4.82. The van der Waals surface area contributed by atoms with Gasteiger partial charge in [-0.2, -0.15) is 0 Å². The van der Waals surface area contributed by atoms with Gasteiger partial charge in [-0.15, -0.1) is 0 Å². The molecular formula is C13H17N3O3. The SMILES string of the molecule is CNC(=O)N1CN(C)C(=O)[C@@H]1c1ccc(OC)cc1. The fourth-order valence-corrected chi connectivity index (χ4v) is 2.16. The summed E-state index contributed by atoms with van der Waals surface area (Å²) in [6.45, 7) is 0.287. The lowest BCUT2D eigenvalue weighted by Gasteiger charge is -2.21. The van der Waals surface area contributed by atoms with Crippen LogP contribution in [0.4, 0.5) is 4.79 Å². The van der Waals surface area contributed by atoms with Crippen LogP contribution in [-0.4, -0.2) is 49.6 Å². The van der Waals surface area contributed by atoms with Gasteiger partial charge >= 0.3 is 6.03 Å². The fourth-order valence-electron chi connectivity index (χ4n) is 2.16. The summed E-state index contributed by atoms with van der Waals surface area (Å²) < 4.78 is 5.09. The van der Waals surface area contributed by atoms with Crippen molar-refractivity contribution in [1.29, 1.82) is 0 Å². The highest BCUT2D eigenvalue weighted by Gasteiger charge is 2.40. The quantitative estimate of drug-likeness (QED) is 0.858. The molecule has 0 radical (unpaired) electrons. The zero-order chi connectivity index (χ0) is 14.0. The van der Waals surface area contributed by atoms with E-state index in [4.69, 9.17) is 4.74 Å². The highest BCUT2D eigenvalue weighted by Crippen LogP contribution is 2.29. The van der Waals surface area contributed by atoms with Crippen LogP contribution < -0.4 is 10.1 Å². The van der Waals surface area contributed by atoms with E-state index >= 15 is 0 Å². The standard InChI is InChI=1S/C13H17N3O3/c1-14-13(18)16-8-15(2)12(17)11(16)9-4-6-10(19-3)7-5-9/h4-7,11H,8H2,1-3H3,(H,14,18)/t11-/m0/s1. The summed E-state index contributed by atoms with van der Waals surface area (Å²) in [5, 5.41) is 2.55. The number of hydrogen-bond donors (Lipinski definition) is 1. The maximum absolute atomic E-state index is 12.2. The first-order chi connectivity index (χ1) is 9.08. The molecule has 1 atom stereocenters. The van der Waals surface area contributed by atoms with E-state index in [-0.39, 0.29) is 18.6 Å². The van der Waals surface area contributed by atoms with Gasteiger partial charge in [-0.3, -0.25) is 9.69 Å². The number of amides is 3. The molecule has 1 aromatic rings. The Balaban J connectivity index is 2.32. The molecule has 1 N–H and O–H groups in total. The molecule has 6 heteroatoms. The van der Waals surface area contributed by atoms with Crippen LogP contribution in [0.15, 0.2) is 24.3 Å². The number of carbonyl (C=O) groups excluding carboxylic acids is 2. The number of benzene rings is 1. The summed E-state index contributed by atoms with van der Waals surface area (Å²) in [5.74, 6) is 0.628. The van der Waals surface area contributed by atoms with Crippen LogP contribution in [0.1, 0.15) is 11.6 Å². The fraction of sp³-hybridized carbons (Fsp3) is 0.385. The topological polar surface area (TPSA) is 61.9 Å². The second-order valence-corrected chi connectivity index (χ2v) is 4.38. The minimum atomic E-state index is -0.573. The van der Waals surface area contributed by atoms with E-state index in [0.717, 1.165) is 5.56 Å². The molecule has 19 heavy (non-hydrogen) atoms. The molecule has 1 aliphatic rings. The molecule has 1 aromatic carbocycles. The zero-order valence-electron chi connectivity index (χ0n) is 11.2. The van der Waals surface area contributed by atoms with Crippen molar-refractivity contribution >= 4 is 11.9 Å². The molecule has 0 aromatic heterocycles. The smallest absolute Gasteiger partial charge is 0.319 e. The first-order valence-electron chi connectivity index (χ1n) is 5.95. The van der Waals surface area contributed by atoms with Crippen LogP contribution in [0.5, 0.6) is 5.75 Å². The number of carbonyl (C=O) groups is 2. The van der Waals surface area contributed by atoms with Crippen LogP contribution in [0, 0.1) is 0 Å². The molecule has 0 bridgehead atoms. The highest BCUT2D eigenvalue weighted by molar-refractivity contribution is 5.90. The second kappa shape index (κ2) is 5.17. The summed E-state index contributed by atoms with van der Waals surface area (Å²) >= 11 is 0. The Kier molecular flexibility index (Phi) is 3.59. The van der Waals surface area contributed by atoms with Crippen LogP contribution in [0.2, 0.25) is 0 Å². The molecule has 0 aliphatic carbocycles. The van der Waals surface area contributed by atoms with Gasteiger partial charge in [0, 0.05) is 14.1 Å². The predicted octanol–water partition coefficient (Wildman–Crippen LogP) is 0.807. The van der Waals surface area contributed by atoms with E-state index in [2.05, 4.69) is 5.32 Å². The Labute approximate surface area is 111 Å². The van der Waals surface area contributed by atoms with Crippen LogP contribution in [-0.2, 0) is 4.79 Å². The first-order valence-corrected chi connectivity index (χ1v) is 5.95. The van der Waals surface area contributed by atoms with Crippen molar-refractivity contribution in [3.63, 3.8) is 0 Å². The van der Waals surface area contributed by atoms with Gasteiger partial charge in [-0.05, 0) is 17.7 Å². The third kappa shape index (κ3) is 2.33. The normalized spacial score (nSPS) is 18.7. The Hall–Kier alpha value is -2.24. The first kappa shape index (κ1) is 13.2. The van der Waals surface area contributed by atoms with E-state index in [1.807, 2.05) is 0 Å². The average Bonchev–Trinajstić information content (AvgIpc) is 2.74. The molecule has 1 aliphatic heterocycles. The minimum Gasteiger partial charge on any atom is -0.497 e. The monoisotopic (exact) mass is 263 g/mol. The number of nitrogens with one attached hydrogen (secondary N) is 1. The predicted molar refractivity (Wildman–Crippen MR) is 69.7 cm³/mol. The van der Waals surface area contributed by atoms with Crippen molar-refractivity contribution in [2.75, 3.05) is 27.9 Å². The molecular weight excluding hydrogens is 246 g/mol. The van der Waals surface area contributed by atoms with Crippen molar-refractivity contribution < 1.29 is 14.3 Å². The van der Waals surface area contributed by atoms with Crippen molar-refractivity contribution in [3.05, 3.63) is 29.8 Å². The Morgan fingerprint density at radius 1 is 1.37 bits per heavy atom. The lowest BCUT2D eigenvalue weighted by molar-refractivity contribution is -0.128. The Bertz CT molecular complexity index is 486. The zero-order valence-corrected chi connectivity index (χ0v) is 11.2. The van der Waals surface area contributed by atoms with Crippen molar-refractivity contribution in [2.24, 2.45) is 0 Å². The van der Waals surface area contributed by atoms with Crippen molar-refractivity contribution in [1.82, 2.24) is 15.1 Å². The number of rotatable bonds is 2. The van der Waals surface area contributed by atoms with Crippen LogP contribution in [0.25, 0.3) is 0 Å². The van der Waals surface area contributed by atoms with Gasteiger partial charge in [0.2, 0.25) is 0 Å². The van der Waals surface area contributed by atoms with Gasteiger partial charge in [-0.1, -0.05) is 12.1 Å². The molecule has 3 amide bonds. The van der Waals surface area contributed by atoms with Crippen LogP contribution >= 0.6 is 0 Å². The number of likely N-dealkylation sites (N-methyl/N-ethyl adjacent to an activating group) is 1. The van der Waals surface area contributed by atoms with E-state index in [1.54, 1.807) is 45.5 Å². The average molecular weight is 263 g/mol. The highest BCUT2D eigenvalue weighted by atomic mass is 16.5. The summed E-state index contributed by atoms with van der Waals surface area (Å²) in [4.78, 5) is 27.0. The van der Waals surface area contributed by atoms with Crippen molar-refractivity contribution in [2.45, 2.75) is 6.04 Å². The largest absolute Gasteiger partial charge is 0.497 e. The molecule has 102 valence electrons. The lowest BCUT2D eigenvalue weighted by Crippen LogP contribution is -2.38. The number of ether oxygens (including phenoxy) is 1. The number of methoxy groups -OCH3 is 1. The van der Waals surface area contributed by atoms with Gasteiger partial charge in [0.05, 0.1) is 13.8 Å². The molecule has 6 nitrogen and oxygen atoms in total. The number of nitrogens with zero attached hydrogens (tertiary/aromatic N) is 2. The molecule has 1 heterocycles. The molecule has 0 spiro atoms. The maximum Gasteiger partial charge on any atom is 0.319 e. The van der Waals surface area contributed by atoms with E-state index in [1.165, 1.54) is 9.80 Å². The molecule has 1 fully saturated rings. The van der Waals surface area contributed by atoms with Crippen molar-refractivity contribution in [3.8, 4) is 5.75 Å². The Morgan fingerprint density at radius 2 is 2.00 bits per heavy atom. The second-order valence-electron chi connectivity index (χ2n) is 4.38. The number of urea groups is 1. The molecule has 2 rings (SSSR count). The van der Waals surface area contributed by atoms with Gasteiger partial charge in [0.1, 0.15) is 11.8 Å². The summed E-state index contributed by atoms with van der Waals surface area (Å²) in [6.07, 6.45) is 0. The number of hydrogen-bond acceptors (Lipinski definition) is 3. The van der Waals surface area contributed by atoms with Gasteiger partial charge in [-0.25, -0.2) is 4.79 Å². The third-order valence-electron chi connectivity index (χ3n) is 3.19. The van der Waals surface area contributed by atoms with E-state index in [0.29, 0.717) is 5.75 Å². The van der Waals surface area contributed by atoms with Crippen LogP contribution in [0.3, 0.4) is 0 Å². The lowest BCUT2D eigenvalue weighted by atomic mass is 10.1. The molecule has 1 saturated heterocycles. The summed E-state index contributed by atoms with van der Waals surface area (Å²) in [5.41, 5.74) is 0.777. The van der Waals surface area contributed by atoms with Gasteiger partial charge < -0.3 is 15.0 Å². The third-order valence-corrected chi connectivity index (χ3v) is 3.19. The van der Waals surface area contributed by atoms with E-state index in [9.17, 15) is 9.59 Å².